The fraction of sp³-hybridized carbons (Fsp3) is 0.933. The van der Waals surface area contributed by atoms with Gasteiger partial charge in [-0.3, -0.25) is 0 Å². The Morgan fingerprint density at radius 3 is 2.19 bits per heavy atom. The molecule has 0 spiro atoms. The van der Waals surface area contributed by atoms with E-state index in [4.69, 9.17) is 0 Å². The molecule has 0 heterocycles. The Labute approximate surface area is 197 Å². The van der Waals surface area contributed by atoms with Crippen LogP contribution in [-0.4, -0.2) is 22.9 Å². The lowest BCUT2D eigenvalue weighted by Gasteiger charge is -2.73. The van der Waals surface area contributed by atoms with Crippen molar-refractivity contribution in [3.63, 3.8) is 0 Å². The van der Waals surface area contributed by atoms with Gasteiger partial charge in [0.2, 0.25) is 0 Å². The Hall–Kier alpha value is -0.340. The first-order chi connectivity index (χ1) is 14.9. The fourth-order valence-corrected chi connectivity index (χ4v) is 11.5. The highest BCUT2D eigenvalue weighted by atomic mass is 16.3. The largest absolute Gasteiger partial charge is 0.396 e. The zero-order valence-corrected chi connectivity index (χ0v) is 21.8. The predicted octanol–water partition coefficient (Wildman–Crippen LogP) is 7.00. The van der Waals surface area contributed by atoms with Gasteiger partial charge < -0.3 is 10.2 Å². The molecule has 0 unspecified atom stereocenters. The van der Waals surface area contributed by atoms with Crippen molar-refractivity contribution in [3.05, 3.63) is 12.2 Å². The first-order valence-electron chi connectivity index (χ1n) is 13.8. The zero-order valence-electron chi connectivity index (χ0n) is 21.8. The third-order valence-electron chi connectivity index (χ3n) is 13.5. The molecule has 2 heteroatoms. The van der Waals surface area contributed by atoms with Crippen LogP contribution in [0.3, 0.4) is 0 Å². The van der Waals surface area contributed by atoms with Crippen molar-refractivity contribution in [1.29, 1.82) is 0 Å². The lowest BCUT2D eigenvalue weighted by atomic mass is 9.32. The Morgan fingerprint density at radius 1 is 0.812 bits per heavy atom. The highest BCUT2D eigenvalue weighted by Crippen LogP contribution is 2.77. The van der Waals surface area contributed by atoms with Crippen molar-refractivity contribution in [3.8, 4) is 0 Å². The summed E-state index contributed by atoms with van der Waals surface area (Å²) in [5.74, 6) is 3.33. The number of allylic oxidation sites excluding steroid dienone is 1. The van der Waals surface area contributed by atoms with Gasteiger partial charge in [-0.25, -0.2) is 0 Å². The average molecular weight is 443 g/mol. The summed E-state index contributed by atoms with van der Waals surface area (Å²) in [5.41, 5.74) is 2.60. The van der Waals surface area contributed by atoms with Gasteiger partial charge in [-0.2, -0.15) is 0 Å². The molecule has 5 aliphatic carbocycles. The molecule has 32 heavy (non-hydrogen) atoms. The van der Waals surface area contributed by atoms with Crippen molar-refractivity contribution in [1.82, 2.24) is 0 Å². The van der Waals surface area contributed by atoms with Crippen LogP contribution in [-0.2, 0) is 0 Å². The van der Waals surface area contributed by atoms with E-state index in [1.807, 2.05) is 0 Å². The Balaban J connectivity index is 1.55. The molecule has 0 aliphatic heterocycles. The number of aliphatic hydroxyl groups excluding tert-OH is 2. The van der Waals surface area contributed by atoms with Crippen LogP contribution in [0, 0.1) is 56.7 Å². The minimum Gasteiger partial charge on any atom is -0.396 e. The second kappa shape index (κ2) is 7.09. The highest BCUT2D eigenvalue weighted by Gasteiger charge is 2.70. The molecule has 5 fully saturated rings. The summed E-state index contributed by atoms with van der Waals surface area (Å²) in [4.78, 5) is 0. The molecule has 0 bridgehead atoms. The van der Waals surface area contributed by atoms with Gasteiger partial charge in [-0.05, 0) is 128 Å². The first kappa shape index (κ1) is 23.4. The Kier molecular flexibility index (Phi) is 5.19. The standard InChI is InChI=1S/C30H50O2/c1-19(2)20-10-15-30(18-31)17-16-28(6)21(25(20)30)8-9-23-27(5)13-12-24(32)26(3,4)22(27)11-14-29(23,28)7/h20-25,31-32H,1,8-18H2,2-7H3/t20-,21-,22+,23-,24-,25-,27+,28-,29-,30-/m1/s1. The SMILES string of the molecule is C=C(C)[C@H]1CC[C@]2(CO)CC[C@]3(C)[C@H](CC[C@@H]4[C@@]5(C)CC[C@@H](O)C(C)(C)[C@@H]5CC[C@]43C)[C@@H]12. The molecule has 0 aromatic rings. The topological polar surface area (TPSA) is 40.5 Å². The van der Waals surface area contributed by atoms with Crippen LogP contribution in [0.25, 0.3) is 0 Å². The first-order valence-corrected chi connectivity index (χ1v) is 13.8. The van der Waals surface area contributed by atoms with Gasteiger partial charge in [-0.15, -0.1) is 0 Å². The van der Waals surface area contributed by atoms with Crippen LogP contribution in [0.2, 0.25) is 0 Å². The van der Waals surface area contributed by atoms with E-state index in [-0.39, 0.29) is 16.9 Å². The number of rotatable bonds is 2. The highest BCUT2D eigenvalue weighted by molar-refractivity contribution is 5.21. The average Bonchev–Trinajstić information content (AvgIpc) is 3.12. The number of hydrogen-bond acceptors (Lipinski definition) is 2. The summed E-state index contributed by atoms with van der Waals surface area (Å²) < 4.78 is 0. The molecule has 2 nitrogen and oxygen atoms in total. The molecule has 182 valence electrons. The van der Waals surface area contributed by atoms with Crippen LogP contribution in [0.5, 0.6) is 0 Å². The molecule has 0 radical (unpaired) electrons. The van der Waals surface area contributed by atoms with Crippen molar-refractivity contribution in [2.45, 2.75) is 112 Å². The summed E-state index contributed by atoms with van der Waals surface area (Å²) in [6.45, 7) is 19.7. The van der Waals surface area contributed by atoms with Crippen molar-refractivity contribution in [2.75, 3.05) is 6.61 Å². The van der Waals surface area contributed by atoms with Crippen molar-refractivity contribution < 1.29 is 10.2 Å². The molecule has 5 saturated carbocycles. The summed E-state index contributed by atoms with van der Waals surface area (Å²) in [7, 11) is 0. The monoisotopic (exact) mass is 442 g/mol. The Bertz CT molecular complexity index is 786. The number of hydrogen-bond donors (Lipinski definition) is 2. The maximum atomic E-state index is 10.9. The van der Waals surface area contributed by atoms with Gasteiger partial charge in [0, 0.05) is 6.61 Å². The predicted molar refractivity (Wildman–Crippen MR) is 132 cm³/mol. The third kappa shape index (κ3) is 2.66. The quantitative estimate of drug-likeness (QED) is 0.452. The van der Waals surface area contributed by atoms with Gasteiger partial charge in [0.15, 0.2) is 0 Å². The summed E-state index contributed by atoms with van der Waals surface area (Å²) >= 11 is 0. The zero-order chi connectivity index (χ0) is 23.3. The summed E-state index contributed by atoms with van der Waals surface area (Å²) in [5, 5.41) is 21.5. The number of fused-ring (bicyclic) bond motifs is 7. The maximum absolute atomic E-state index is 10.9. The van der Waals surface area contributed by atoms with E-state index in [2.05, 4.69) is 48.1 Å². The van der Waals surface area contributed by atoms with Crippen LogP contribution in [0.15, 0.2) is 12.2 Å². The minimum absolute atomic E-state index is 0.0290. The minimum atomic E-state index is -0.147. The summed E-state index contributed by atoms with van der Waals surface area (Å²) in [6.07, 6.45) is 12.2. The van der Waals surface area contributed by atoms with E-state index < -0.39 is 0 Å². The van der Waals surface area contributed by atoms with E-state index in [9.17, 15) is 10.2 Å². The molecule has 5 rings (SSSR count). The van der Waals surface area contributed by atoms with Crippen LogP contribution < -0.4 is 0 Å². The molecule has 0 amide bonds. The van der Waals surface area contributed by atoms with E-state index in [1.165, 1.54) is 63.4 Å². The molecule has 0 saturated heterocycles. The van der Waals surface area contributed by atoms with Gasteiger partial charge in [0.1, 0.15) is 0 Å². The smallest absolute Gasteiger partial charge is 0.0594 e. The van der Waals surface area contributed by atoms with Crippen LogP contribution >= 0.6 is 0 Å². The molecular formula is C30H50O2. The molecule has 0 aromatic heterocycles. The summed E-state index contributed by atoms with van der Waals surface area (Å²) in [6, 6.07) is 0. The lowest BCUT2D eigenvalue weighted by molar-refractivity contribution is -0.249. The van der Waals surface area contributed by atoms with Crippen molar-refractivity contribution >= 4 is 0 Å². The lowest BCUT2D eigenvalue weighted by Crippen LogP contribution is -2.66. The second-order valence-corrected chi connectivity index (χ2v) is 14.6. The Morgan fingerprint density at radius 2 is 1.53 bits per heavy atom. The second-order valence-electron chi connectivity index (χ2n) is 14.6. The normalized spacial score (nSPS) is 56.5. The number of aliphatic hydroxyl groups is 2. The van der Waals surface area contributed by atoms with E-state index >= 15 is 0 Å². The van der Waals surface area contributed by atoms with E-state index in [0.29, 0.717) is 40.6 Å². The fourth-order valence-electron chi connectivity index (χ4n) is 11.5. The molecule has 0 aromatic carbocycles. The van der Waals surface area contributed by atoms with Crippen LogP contribution in [0.1, 0.15) is 106 Å². The van der Waals surface area contributed by atoms with Crippen molar-refractivity contribution in [2.24, 2.45) is 56.7 Å². The van der Waals surface area contributed by atoms with Gasteiger partial charge >= 0.3 is 0 Å². The van der Waals surface area contributed by atoms with Gasteiger partial charge in [0.05, 0.1) is 6.10 Å². The third-order valence-corrected chi connectivity index (χ3v) is 13.5. The molecule has 10 atom stereocenters. The molecule has 5 aliphatic rings. The van der Waals surface area contributed by atoms with Crippen LogP contribution in [0.4, 0.5) is 0 Å². The molecular weight excluding hydrogens is 392 g/mol. The molecule has 2 N–H and O–H groups in total. The van der Waals surface area contributed by atoms with Gasteiger partial charge in [-0.1, -0.05) is 46.8 Å². The van der Waals surface area contributed by atoms with Gasteiger partial charge in [0.25, 0.3) is 0 Å². The van der Waals surface area contributed by atoms with E-state index in [1.54, 1.807) is 0 Å². The van der Waals surface area contributed by atoms with E-state index in [0.717, 1.165) is 18.3 Å². The maximum Gasteiger partial charge on any atom is 0.0594 e.